The Balaban J connectivity index is 1.70. The van der Waals surface area contributed by atoms with Crippen LogP contribution in [0.2, 0.25) is 0 Å². The number of nitrogens with zero attached hydrogens (tertiary/aromatic N) is 3. The maximum absolute atomic E-state index is 13.6. The average Bonchev–Trinajstić information content (AvgIpc) is 3.63. The minimum atomic E-state index is -0.706. The minimum Gasteiger partial charge on any atom is -0.337 e. The Kier molecular flexibility index (Phi) is 4.09. The molecule has 1 saturated heterocycles. The van der Waals surface area contributed by atoms with E-state index in [-0.39, 0.29) is 17.2 Å². The molecule has 1 unspecified atom stereocenters. The molecule has 29 heavy (non-hydrogen) atoms. The fourth-order valence-electron chi connectivity index (χ4n) is 4.72. The molecule has 0 radical (unpaired) electrons. The molecule has 6 nitrogen and oxygen atoms in total. The van der Waals surface area contributed by atoms with Crippen LogP contribution >= 0.6 is 0 Å². The first-order valence-electron chi connectivity index (χ1n) is 10.6. The van der Waals surface area contributed by atoms with Crippen molar-refractivity contribution in [3.8, 4) is 0 Å². The summed E-state index contributed by atoms with van der Waals surface area (Å²) in [6.07, 6.45) is 6.47. The van der Waals surface area contributed by atoms with Gasteiger partial charge in [0, 0.05) is 19.6 Å². The minimum absolute atomic E-state index is 0.156. The van der Waals surface area contributed by atoms with Crippen molar-refractivity contribution in [1.29, 1.82) is 0 Å². The van der Waals surface area contributed by atoms with Crippen LogP contribution in [0.3, 0.4) is 0 Å². The molecule has 2 aliphatic carbocycles. The summed E-state index contributed by atoms with van der Waals surface area (Å²) in [6, 6.07) is 6.04. The predicted molar refractivity (Wildman–Crippen MR) is 112 cm³/mol. The molecule has 0 N–H and O–H groups in total. The normalized spacial score (nSPS) is 24.2. The third-order valence-corrected chi connectivity index (χ3v) is 6.83. The first kappa shape index (κ1) is 18.4. The topological polar surface area (TPSA) is 64.3 Å². The summed E-state index contributed by atoms with van der Waals surface area (Å²) in [6.45, 7) is 7.01. The van der Waals surface area contributed by atoms with Crippen molar-refractivity contribution in [2.75, 3.05) is 13.1 Å². The number of hydrogen-bond acceptors (Lipinski definition) is 3. The number of fused-ring (bicyclic) bond motifs is 1. The molecule has 1 amide bonds. The molecule has 1 atom stereocenters. The van der Waals surface area contributed by atoms with E-state index in [9.17, 15) is 14.4 Å². The molecule has 2 saturated carbocycles. The molecular weight excluding hydrogens is 366 g/mol. The summed E-state index contributed by atoms with van der Waals surface area (Å²) in [5, 5.41) is 0.629. The van der Waals surface area contributed by atoms with E-state index >= 15 is 0 Å². The van der Waals surface area contributed by atoms with Gasteiger partial charge in [0.1, 0.15) is 0 Å². The van der Waals surface area contributed by atoms with Gasteiger partial charge in [-0.05, 0) is 74.6 Å². The number of rotatable bonds is 5. The van der Waals surface area contributed by atoms with Crippen molar-refractivity contribution in [2.45, 2.75) is 57.0 Å². The predicted octanol–water partition coefficient (Wildman–Crippen LogP) is 2.58. The lowest BCUT2D eigenvalue weighted by Gasteiger charge is -2.28. The van der Waals surface area contributed by atoms with Crippen LogP contribution in [0, 0.1) is 5.92 Å². The molecule has 152 valence electrons. The van der Waals surface area contributed by atoms with Gasteiger partial charge < -0.3 is 4.90 Å². The SMILES string of the molecule is C=CC(=O)N1CCC(C)(n2c(=O)c3cc(C4CC4)ccc3n(CC3CC3)c2=O)C1. The maximum atomic E-state index is 13.6. The van der Waals surface area contributed by atoms with Crippen LogP contribution in [-0.4, -0.2) is 33.0 Å². The van der Waals surface area contributed by atoms with Gasteiger partial charge in [-0.2, -0.15) is 0 Å². The van der Waals surface area contributed by atoms with Crippen LogP contribution in [0.4, 0.5) is 0 Å². The summed E-state index contributed by atoms with van der Waals surface area (Å²) in [5.41, 5.74) is 0.756. The van der Waals surface area contributed by atoms with E-state index in [0.29, 0.717) is 43.3 Å². The third kappa shape index (κ3) is 3.05. The Labute approximate surface area is 169 Å². The van der Waals surface area contributed by atoms with Gasteiger partial charge in [0.25, 0.3) is 5.56 Å². The summed E-state index contributed by atoms with van der Waals surface area (Å²) in [4.78, 5) is 40.9. The molecule has 1 aromatic carbocycles. The van der Waals surface area contributed by atoms with E-state index in [4.69, 9.17) is 0 Å². The van der Waals surface area contributed by atoms with Crippen molar-refractivity contribution in [3.63, 3.8) is 0 Å². The number of benzene rings is 1. The van der Waals surface area contributed by atoms with Crippen molar-refractivity contribution in [3.05, 3.63) is 57.3 Å². The first-order valence-corrected chi connectivity index (χ1v) is 10.6. The lowest BCUT2D eigenvalue weighted by molar-refractivity contribution is -0.125. The Morgan fingerprint density at radius 2 is 2.00 bits per heavy atom. The highest BCUT2D eigenvalue weighted by molar-refractivity contribution is 5.87. The molecule has 2 aromatic rings. The quantitative estimate of drug-likeness (QED) is 0.734. The standard InChI is InChI=1S/C23H27N3O3/c1-3-20(27)24-11-10-23(2,14-24)26-21(28)18-12-17(16-6-7-16)8-9-19(18)25(22(26)29)13-15-4-5-15/h3,8-9,12,15-16H,1,4-7,10-11,13-14H2,2H3. The number of carbonyl (C=O) groups is 1. The number of likely N-dealkylation sites (tertiary alicyclic amines) is 1. The van der Waals surface area contributed by atoms with Crippen molar-refractivity contribution < 1.29 is 4.79 Å². The molecule has 2 heterocycles. The van der Waals surface area contributed by atoms with Crippen LogP contribution in [0.1, 0.15) is 50.5 Å². The molecule has 3 fully saturated rings. The summed E-state index contributed by atoms with van der Waals surface area (Å²) >= 11 is 0. The lowest BCUT2D eigenvalue weighted by Crippen LogP contribution is -2.52. The highest BCUT2D eigenvalue weighted by Gasteiger charge is 2.40. The van der Waals surface area contributed by atoms with Crippen LogP contribution < -0.4 is 11.2 Å². The Bertz CT molecular complexity index is 1140. The van der Waals surface area contributed by atoms with Gasteiger partial charge in [0.05, 0.1) is 16.4 Å². The monoisotopic (exact) mass is 393 g/mol. The second-order valence-corrected chi connectivity index (χ2v) is 9.24. The van der Waals surface area contributed by atoms with Crippen LogP contribution in [0.5, 0.6) is 0 Å². The molecule has 6 heteroatoms. The van der Waals surface area contributed by atoms with E-state index in [2.05, 4.69) is 12.6 Å². The van der Waals surface area contributed by atoms with E-state index in [1.807, 2.05) is 19.1 Å². The summed E-state index contributed by atoms with van der Waals surface area (Å²) in [5.74, 6) is 0.899. The first-order chi connectivity index (χ1) is 13.9. The number of aromatic nitrogens is 2. The van der Waals surface area contributed by atoms with E-state index in [1.54, 1.807) is 9.47 Å². The second kappa shape index (κ2) is 6.44. The zero-order chi connectivity index (χ0) is 20.3. The highest BCUT2D eigenvalue weighted by Crippen LogP contribution is 2.40. The Hall–Kier alpha value is -2.63. The van der Waals surface area contributed by atoms with E-state index in [0.717, 1.165) is 31.2 Å². The zero-order valence-corrected chi connectivity index (χ0v) is 16.9. The molecule has 3 aliphatic rings. The van der Waals surface area contributed by atoms with Crippen LogP contribution in [-0.2, 0) is 16.9 Å². The zero-order valence-electron chi connectivity index (χ0n) is 16.9. The summed E-state index contributed by atoms with van der Waals surface area (Å²) in [7, 11) is 0. The fourth-order valence-corrected chi connectivity index (χ4v) is 4.72. The average molecular weight is 393 g/mol. The maximum Gasteiger partial charge on any atom is 0.332 e. The van der Waals surface area contributed by atoms with Crippen LogP contribution in [0.25, 0.3) is 10.9 Å². The third-order valence-electron chi connectivity index (χ3n) is 6.83. The van der Waals surface area contributed by atoms with Gasteiger partial charge in [0.15, 0.2) is 0 Å². The van der Waals surface area contributed by atoms with Crippen molar-refractivity contribution in [2.24, 2.45) is 5.92 Å². The molecule has 0 spiro atoms. The summed E-state index contributed by atoms with van der Waals surface area (Å²) < 4.78 is 3.24. The van der Waals surface area contributed by atoms with Crippen molar-refractivity contribution in [1.82, 2.24) is 14.0 Å². The molecular formula is C23H27N3O3. The van der Waals surface area contributed by atoms with Gasteiger partial charge in [0.2, 0.25) is 5.91 Å². The van der Waals surface area contributed by atoms with E-state index in [1.165, 1.54) is 16.2 Å². The van der Waals surface area contributed by atoms with Crippen LogP contribution in [0.15, 0.2) is 40.4 Å². The fraction of sp³-hybridized carbons (Fsp3) is 0.522. The van der Waals surface area contributed by atoms with E-state index < -0.39 is 5.54 Å². The number of carbonyl (C=O) groups excluding carboxylic acids is 1. The molecule has 5 rings (SSSR count). The number of hydrogen-bond donors (Lipinski definition) is 0. The largest absolute Gasteiger partial charge is 0.337 e. The Morgan fingerprint density at radius 3 is 2.66 bits per heavy atom. The lowest BCUT2D eigenvalue weighted by atomic mass is 10.0. The Morgan fingerprint density at radius 1 is 1.24 bits per heavy atom. The van der Waals surface area contributed by atoms with Gasteiger partial charge >= 0.3 is 5.69 Å². The molecule has 1 aliphatic heterocycles. The smallest absolute Gasteiger partial charge is 0.332 e. The van der Waals surface area contributed by atoms with Gasteiger partial charge in [-0.3, -0.25) is 18.7 Å². The second-order valence-electron chi connectivity index (χ2n) is 9.24. The van der Waals surface area contributed by atoms with Crippen molar-refractivity contribution >= 4 is 16.8 Å². The van der Waals surface area contributed by atoms with Gasteiger partial charge in [-0.15, -0.1) is 0 Å². The number of amides is 1. The molecule has 1 aromatic heterocycles. The highest BCUT2D eigenvalue weighted by atomic mass is 16.2. The van der Waals surface area contributed by atoms with Gasteiger partial charge in [-0.25, -0.2) is 4.79 Å². The van der Waals surface area contributed by atoms with Gasteiger partial charge in [-0.1, -0.05) is 12.6 Å². The molecule has 0 bridgehead atoms.